The van der Waals surface area contributed by atoms with Gasteiger partial charge in [-0.2, -0.15) is 5.10 Å². The standard InChI is InChI=1S/C25H30FN5O4/c1-15(2)21-20-19(30-11-9-25(10-12-30)14-29(3)24(33)35-25)13-18(23(32)34-4)27-22(20)31(28-21)17-7-5-16(26)6-8-17/h5-8,13,15,24,33H,9-12,14H2,1-4H3. The molecule has 0 saturated carbocycles. The first-order valence-electron chi connectivity index (χ1n) is 11.8. The summed E-state index contributed by atoms with van der Waals surface area (Å²) in [6.07, 6.45) is 0.575. The maximum Gasteiger partial charge on any atom is 0.356 e. The zero-order chi connectivity index (χ0) is 24.9. The molecule has 2 fully saturated rings. The van der Waals surface area contributed by atoms with E-state index in [1.165, 1.54) is 19.2 Å². The minimum absolute atomic E-state index is 0.0850. The van der Waals surface area contributed by atoms with Gasteiger partial charge in [-0.25, -0.2) is 18.9 Å². The number of halogens is 1. The van der Waals surface area contributed by atoms with Gasteiger partial charge in [-0.1, -0.05) is 13.8 Å². The van der Waals surface area contributed by atoms with Crippen molar-refractivity contribution in [2.24, 2.45) is 0 Å². The first-order chi connectivity index (χ1) is 16.7. The molecule has 1 unspecified atom stereocenters. The largest absolute Gasteiger partial charge is 0.464 e. The lowest BCUT2D eigenvalue weighted by Crippen LogP contribution is -2.47. The second kappa shape index (κ2) is 8.85. The van der Waals surface area contributed by atoms with E-state index in [0.29, 0.717) is 31.0 Å². The van der Waals surface area contributed by atoms with Crippen molar-refractivity contribution >= 4 is 22.7 Å². The summed E-state index contributed by atoms with van der Waals surface area (Å²) >= 11 is 0. The maximum atomic E-state index is 13.6. The van der Waals surface area contributed by atoms with Crippen molar-refractivity contribution in [2.75, 3.05) is 38.7 Å². The van der Waals surface area contributed by atoms with Gasteiger partial charge >= 0.3 is 5.97 Å². The smallest absolute Gasteiger partial charge is 0.356 e. The number of benzene rings is 1. The number of carbonyl (C=O) groups is 1. The molecule has 2 aliphatic rings. The van der Waals surface area contributed by atoms with Crippen molar-refractivity contribution in [2.45, 2.75) is 44.6 Å². The zero-order valence-corrected chi connectivity index (χ0v) is 20.4. The van der Waals surface area contributed by atoms with Gasteiger partial charge in [0.05, 0.1) is 35.2 Å². The SMILES string of the molecule is COC(=O)c1cc(N2CCC3(CC2)CN(C)C(O)O3)c2c(C(C)C)nn(-c3ccc(F)cc3)c2n1. The fraction of sp³-hybridized carbons (Fsp3) is 0.480. The van der Waals surface area contributed by atoms with Crippen LogP contribution in [-0.4, -0.2) is 76.5 Å². The second-order valence-corrected chi connectivity index (χ2v) is 9.67. The van der Waals surface area contributed by atoms with Crippen LogP contribution in [0.3, 0.4) is 0 Å². The highest BCUT2D eigenvalue weighted by Gasteiger charge is 2.45. The van der Waals surface area contributed by atoms with E-state index in [2.05, 4.69) is 23.7 Å². The van der Waals surface area contributed by atoms with Crippen molar-refractivity contribution in [3.05, 3.63) is 47.5 Å². The molecule has 2 aliphatic heterocycles. The topological polar surface area (TPSA) is 93.0 Å². The predicted molar refractivity (Wildman–Crippen MR) is 128 cm³/mol. The van der Waals surface area contributed by atoms with Crippen LogP contribution in [0.15, 0.2) is 30.3 Å². The number of aromatic nitrogens is 3. The summed E-state index contributed by atoms with van der Waals surface area (Å²) < 4.78 is 26.2. The van der Waals surface area contributed by atoms with Crippen molar-refractivity contribution in [1.29, 1.82) is 0 Å². The molecule has 0 aliphatic carbocycles. The molecule has 186 valence electrons. The molecule has 2 aromatic heterocycles. The molecule has 1 atom stereocenters. The van der Waals surface area contributed by atoms with E-state index in [1.54, 1.807) is 27.8 Å². The minimum Gasteiger partial charge on any atom is -0.464 e. The van der Waals surface area contributed by atoms with E-state index in [0.717, 1.165) is 29.6 Å². The summed E-state index contributed by atoms with van der Waals surface area (Å²) in [5.74, 6) is -0.796. The molecule has 9 nitrogen and oxygen atoms in total. The number of nitrogens with zero attached hydrogens (tertiary/aromatic N) is 5. The van der Waals surface area contributed by atoms with E-state index in [-0.39, 0.29) is 23.0 Å². The Morgan fingerprint density at radius 2 is 1.94 bits per heavy atom. The number of piperidine rings is 1. The summed E-state index contributed by atoms with van der Waals surface area (Å²) in [6, 6.07) is 7.80. The quantitative estimate of drug-likeness (QED) is 0.566. The molecule has 0 amide bonds. The molecule has 10 heteroatoms. The lowest BCUT2D eigenvalue weighted by Gasteiger charge is -2.39. The van der Waals surface area contributed by atoms with Crippen LogP contribution >= 0.6 is 0 Å². The molecule has 1 spiro atoms. The number of hydrogen-bond donors (Lipinski definition) is 1. The van der Waals surface area contributed by atoms with Crippen LogP contribution in [-0.2, 0) is 9.47 Å². The van der Waals surface area contributed by atoms with Crippen LogP contribution in [0.1, 0.15) is 48.8 Å². The van der Waals surface area contributed by atoms with Gasteiger partial charge in [-0.15, -0.1) is 0 Å². The van der Waals surface area contributed by atoms with E-state index in [9.17, 15) is 14.3 Å². The monoisotopic (exact) mass is 483 g/mol. The number of likely N-dealkylation sites (N-methyl/N-ethyl adjacent to an activating group) is 1. The third-order valence-electron chi connectivity index (χ3n) is 6.94. The van der Waals surface area contributed by atoms with E-state index in [1.807, 2.05) is 7.05 Å². The van der Waals surface area contributed by atoms with Gasteiger partial charge in [-0.05, 0) is 56.1 Å². The van der Waals surface area contributed by atoms with Gasteiger partial charge in [0, 0.05) is 19.6 Å². The highest BCUT2D eigenvalue weighted by Crippen LogP contribution is 2.39. The van der Waals surface area contributed by atoms with Crippen LogP contribution in [0.4, 0.5) is 10.1 Å². The third-order valence-corrected chi connectivity index (χ3v) is 6.94. The Hall–Kier alpha value is -3.08. The van der Waals surface area contributed by atoms with Gasteiger partial charge in [0.25, 0.3) is 0 Å². The van der Waals surface area contributed by atoms with Gasteiger partial charge in [0.2, 0.25) is 6.41 Å². The Morgan fingerprint density at radius 1 is 1.26 bits per heavy atom. The highest BCUT2D eigenvalue weighted by molar-refractivity contribution is 5.99. The number of pyridine rings is 1. The number of aliphatic hydroxyl groups is 1. The Labute approximate surface area is 203 Å². The zero-order valence-electron chi connectivity index (χ0n) is 20.4. The molecular formula is C25H30FN5O4. The number of aliphatic hydroxyl groups excluding tert-OH is 1. The fourth-order valence-electron chi connectivity index (χ4n) is 5.06. The summed E-state index contributed by atoms with van der Waals surface area (Å²) in [6.45, 7) is 6.15. The number of carbonyl (C=O) groups excluding carboxylic acids is 1. The van der Waals surface area contributed by atoms with E-state index in [4.69, 9.17) is 14.6 Å². The Balaban J connectivity index is 1.63. The summed E-state index contributed by atoms with van der Waals surface area (Å²) in [5, 5.41) is 15.8. The lowest BCUT2D eigenvalue weighted by atomic mass is 9.90. The van der Waals surface area contributed by atoms with E-state index >= 15 is 0 Å². The van der Waals surface area contributed by atoms with Crippen LogP contribution < -0.4 is 4.90 Å². The number of fused-ring (bicyclic) bond motifs is 1. The highest BCUT2D eigenvalue weighted by atomic mass is 19.1. The lowest BCUT2D eigenvalue weighted by molar-refractivity contribution is -0.175. The van der Waals surface area contributed by atoms with Crippen LogP contribution in [0, 0.1) is 5.82 Å². The number of anilines is 1. The van der Waals surface area contributed by atoms with Crippen molar-refractivity contribution < 1.29 is 23.8 Å². The normalized spacial score (nSPS) is 20.3. The molecule has 0 bridgehead atoms. The van der Waals surface area contributed by atoms with Crippen LogP contribution in [0.5, 0.6) is 0 Å². The van der Waals surface area contributed by atoms with Gasteiger partial charge < -0.3 is 19.5 Å². The number of methoxy groups -OCH3 is 1. The van der Waals surface area contributed by atoms with E-state index < -0.39 is 12.4 Å². The average Bonchev–Trinajstić information content (AvgIpc) is 3.36. The van der Waals surface area contributed by atoms with Crippen molar-refractivity contribution in [3.8, 4) is 5.69 Å². The molecular weight excluding hydrogens is 453 g/mol. The van der Waals surface area contributed by atoms with Gasteiger partial charge in [0.1, 0.15) is 5.82 Å². The molecule has 1 N–H and O–H groups in total. The molecule has 5 rings (SSSR count). The Morgan fingerprint density at radius 3 is 2.51 bits per heavy atom. The summed E-state index contributed by atoms with van der Waals surface area (Å²) in [5.41, 5.74) is 2.66. The molecule has 1 aromatic carbocycles. The summed E-state index contributed by atoms with van der Waals surface area (Å²) in [7, 11) is 3.17. The Kier molecular flexibility index (Phi) is 5.98. The molecule has 35 heavy (non-hydrogen) atoms. The second-order valence-electron chi connectivity index (χ2n) is 9.67. The number of ether oxygens (including phenoxy) is 2. The number of hydrogen-bond acceptors (Lipinski definition) is 8. The first kappa shape index (κ1) is 23.7. The van der Waals surface area contributed by atoms with Crippen LogP contribution in [0.2, 0.25) is 0 Å². The average molecular weight is 484 g/mol. The summed E-state index contributed by atoms with van der Waals surface area (Å²) in [4.78, 5) is 21.2. The number of esters is 1. The molecule has 4 heterocycles. The third kappa shape index (κ3) is 4.15. The predicted octanol–water partition coefficient (Wildman–Crippen LogP) is 3.05. The number of rotatable bonds is 4. The minimum atomic E-state index is -0.887. The first-order valence-corrected chi connectivity index (χ1v) is 11.8. The Bertz CT molecular complexity index is 1240. The molecule has 2 saturated heterocycles. The molecule has 3 aromatic rings. The van der Waals surface area contributed by atoms with Gasteiger partial charge in [-0.3, -0.25) is 4.90 Å². The molecule has 0 radical (unpaired) electrons. The fourth-order valence-corrected chi connectivity index (χ4v) is 5.06. The maximum absolute atomic E-state index is 13.6. The van der Waals surface area contributed by atoms with Gasteiger partial charge in [0.15, 0.2) is 11.3 Å². The van der Waals surface area contributed by atoms with Crippen molar-refractivity contribution in [3.63, 3.8) is 0 Å². The van der Waals surface area contributed by atoms with Crippen LogP contribution in [0.25, 0.3) is 16.7 Å². The van der Waals surface area contributed by atoms with Crippen molar-refractivity contribution in [1.82, 2.24) is 19.7 Å².